The first kappa shape index (κ1) is 14.9. The second kappa shape index (κ2) is 8.06. The van der Waals surface area contributed by atoms with Gasteiger partial charge in [0.15, 0.2) is 0 Å². The van der Waals surface area contributed by atoms with Gasteiger partial charge in [-0.15, -0.1) is 0 Å². The van der Waals surface area contributed by atoms with E-state index in [1.165, 1.54) is 0 Å². The monoisotopic (exact) mass is 232 g/mol. The Bertz CT molecular complexity index is 209. The fourth-order valence-electron chi connectivity index (χ4n) is 1.14. The molecule has 0 atom stereocenters. The number of carboxylic acids is 2. The van der Waals surface area contributed by atoms with E-state index in [0.717, 1.165) is 13.1 Å². The Hall–Kier alpha value is -1.14. The molecule has 0 amide bonds. The summed E-state index contributed by atoms with van der Waals surface area (Å²) >= 11 is 0. The van der Waals surface area contributed by atoms with E-state index in [1.54, 1.807) is 0 Å². The molecule has 0 spiro atoms. The van der Waals surface area contributed by atoms with Crippen molar-refractivity contribution in [1.29, 1.82) is 0 Å². The van der Waals surface area contributed by atoms with Gasteiger partial charge >= 0.3 is 11.9 Å². The van der Waals surface area contributed by atoms with Gasteiger partial charge < -0.3 is 20.0 Å². The van der Waals surface area contributed by atoms with Gasteiger partial charge in [0, 0.05) is 26.2 Å². The van der Waals surface area contributed by atoms with Crippen molar-refractivity contribution in [1.82, 2.24) is 9.80 Å². The third-order valence-corrected chi connectivity index (χ3v) is 2.28. The summed E-state index contributed by atoms with van der Waals surface area (Å²) in [5.41, 5.74) is 0. The van der Waals surface area contributed by atoms with Crippen LogP contribution in [0.15, 0.2) is 0 Å². The number of rotatable bonds is 9. The predicted octanol–water partition coefficient (Wildman–Crippen LogP) is -0.201. The molecule has 16 heavy (non-hydrogen) atoms. The molecular weight excluding hydrogens is 212 g/mol. The first-order chi connectivity index (χ1) is 7.41. The normalized spacial score (nSPS) is 11.0. The first-order valence-corrected chi connectivity index (χ1v) is 5.22. The lowest BCUT2D eigenvalue weighted by molar-refractivity contribution is -0.138. The number of hydrogen-bond donors (Lipinski definition) is 2. The van der Waals surface area contributed by atoms with Crippen molar-refractivity contribution in [2.24, 2.45) is 0 Å². The van der Waals surface area contributed by atoms with E-state index in [-0.39, 0.29) is 12.8 Å². The highest BCUT2D eigenvalue weighted by atomic mass is 16.4. The lowest BCUT2D eigenvalue weighted by Gasteiger charge is -2.20. The van der Waals surface area contributed by atoms with Crippen molar-refractivity contribution in [3.8, 4) is 0 Å². The van der Waals surface area contributed by atoms with Gasteiger partial charge in [-0.1, -0.05) is 0 Å². The molecular formula is C10H20N2O4. The van der Waals surface area contributed by atoms with Crippen LogP contribution in [0.1, 0.15) is 12.8 Å². The summed E-state index contributed by atoms with van der Waals surface area (Å²) in [4.78, 5) is 24.5. The van der Waals surface area contributed by atoms with Gasteiger partial charge in [0.25, 0.3) is 0 Å². The Morgan fingerprint density at radius 1 is 0.812 bits per heavy atom. The molecule has 0 bridgehead atoms. The van der Waals surface area contributed by atoms with Gasteiger partial charge in [0.1, 0.15) is 0 Å². The third-order valence-electron chi connectivity index (χ3n) is 2.28. The summed E-state index contributed by atoms with van der Waals surface area (Å²) in [7, 11) is 3.71. The van der Waals surface area contributed by atoms with Crippen LogP contribution in [0, 0.1) is 0 Å². The smallest absolute Gasteiger partial charge is 0.304 e. The quantitative estimate of drug-likeness (QED) is 0.573. The minimum absolute atomic E-state index is 0.134. The fraction of sp³-hybridized carbons (Fsp3) is 0.800. The Morgan fingerprint density at radius 2 is 1.12 bits per heavy atom. The molecule has 0 radical (unpaired) electrons. The molecule has 6 nitrogen and oxygen atoms in total. The Kier molecular flexibility index (Phi) is 7.49. The lowest BCUT2D eigenvalue weighted by Crippen LogP contribution is -2.33. The highest BCUT2D eigenvalue weighted by Gasteiger charge is 2.05. The van der Waals surface area contributed by atoms with Crippen LogP contribution in [-0.4, -0.2) is 72.2 Å². The highest BCUT2D eigenvalue weighted by molar-refractivity contribution is 5.67. The van der Waals surface area contributed by atoms with Crippen molar-refractivity contribution >= 4 is 11.9 Å². The van der Waals surface area contributed by atoms with Crippen molar-refractivity contribution in [2.75, 3.05) is 40.3 Å². The summed E-state index contributed by atoms with van der Waals surface area (Å²) in [6.45, 7) is 2.51. The maximum atomic E-state index is 10.3. The van der Waals surface area contributed by atoms with Gasteiger partial charge in [-0.3, -0.25) is 9.59 Å². The van der Waals surface area contributed by atoms with Crippen LogP contribution >= 0.6 is 0 Å². The zero-order valence-electron chi connectivity index (χ0n) is 9.85. The standard InChI is InChI=1S/C10H20N2O4/c1-11(5-3-9(13)14)7-8-12(2)6-4-10(15)16/h3-8H2,1-2H3,(H,13,14)(H,15,16). The van der Waals surface area contributed by atoms with Gasteiger partial charge in [-0.25, -0.2) is 0 Å². The molecule has 0 aromatic heterocycles. The molecule has 0 aliphatic rings. The summed E-state index contributed by atoms with van der Waals surface area (Å²) in [5.74, 6) is -1.60. The highest BCUT2D eigenvalue weighted by Crippen LogP contribution is 1.91. The molecule has 0 aromatic carbocycles. The molecule has 0 aromatic rings. The van der Waals surface area contributed by atoms with Gasteiger partial charge in [-0.05, 0) is 14.1 Å². The molecule has 0 aliphatic heterocycles. The number of nitrogens with zero attached hydrogens (tertiary/aromatic N) is 2. The minimum Gasteiger partial charge on any atom is -0.481 e. The molecule has 0 heterocycles. The summed E-state index contributed by atoms with van der Waals surface area (Å²) < 4.78 is 0. The van der Waals surface area contributed by atoms with E-state index < -0.39 is 11.9 Å². The Balaban J connectivity index is 3.54. The number of hydrogen-bond acceptors (Lipinski definition) is 4. The zero-order valence-corrected chi connectivity index (χ0v) is 9.85. The van der Waals surface area contributed by atoms with Gasteiger partial charge in [0.05, 0.1) is 12.8 Å². The third kappa shape index (κ3) is 9.42. The topological polar surface area (TPSA) is 81.1 Å². The van der Waals surface area contributed by atoms with Crippen molar-refractivity contribution in [3.63, 3.8) is 0 Å². The summed E-state index contributed by atoms with van der Waals surface area (Å²) in [6, 6.07) is 0. The number of aliphatic carboxylic acids is 2. The molecule has 2 N–H and O–H groups in total. The van der Waals surface area contributed by atoms with Crippen molar-refractivity contribution < 1.29 is 19.8 Å². The SMILES string of the molecule is CN(CCC(=O)O)CCN(C)CCC(=O)O. The van der Waals surface area contributed by atoms with E-state index in [4.69, 9.17) is 10.2 Å². The molecule has 0 unspecified atom stereocenters. The van der Waals surface area contributed by atoms with Crippen LogP contribution in [0.5, 0.6) is 0 Å². The fourth-order valence-corrected chi connectivity index (χ4v) is 1.14. The van der Waals surface area contributed by atoms with Crippen LogP contribution in [0.2, 0.25) is 0 Å². The molecule has 94 valence electrons. The van der Waals surface area contributed by atoms with E-state index in [2.05, 4.69) is 0 Å². The van der Waals surface area contributed by atoms with Crippen LogP contribution in [0.4, 0.5) is 0 Å². The summed E-state index contributed by atoms with van der Waals surface area (Å²) in [6.07, 6.45) is 0.269. The Labute approximate surface area is 95.5 Å². The number of carboxylic acid groups (broad SMARTS) is 2. The molecule has 0 aliphatic carbocycles. The van der Waals surface area contributed by atoms with Crippen LogP contribution in [0.3, 0.4) is 0 Å². The first-order valence-electron chi connectivity index (χ1n) is 5.22. The van der Waals surface area contributed by atoms with E-state index in [9.17, 15) is 9.59 Å². The maximum absolute atomic E-state index is 10.3. The number of likely N-dealkylation sites (N-methyl/N-ethyl adjacent to an activating group) is 2. The molecule has 0 rings (SSSR count). The van der Waals surface area contributed by atoms with Crippen molar-refractivity contribution in [2.45, 2.75) is 12.8 Å². The average molecular weight is 232 g/mol. The second-order valence-electron chi connectivity index (χ2n) is 3.89. The lowest BCUT2D eigenvalue weighted by atomic mass is 10.3. The largest absolute Gasteiger partial charge is 0.481 e. The van der Waals surface area contributed by atoms with Crippen LogP contribution < -0.4 is 0 Å². The van der Waals surface area contributed by atoms with E-state index in [0.29, 0.717) is 13.1 Å². The maximum Gasteiger partial charge on any atom is 0.304 e. The average Bonchev–Trinajstić information content (AvgIpc) is 2.20. The zero-order chi connectivity index (χ0) is 12.6. The van der Waals surface area contributed by atoms with Crippen molar-refractivity contribution in [3.05, 3.63) is 0 Å². The van der Waals surface area contributed by atoms with Gasteiger partial charge in [-0.2, -0.15) is 0 Å². The Morgan fingerprint density at radius 3 is 1.38 bits per heavy atom. The molecule has 0 fully saturated rings. The van der Waals surface area contributed by atoms with Crippen LogP contribution in [0.25, 0.3) is 0 Å². The van der Waals surface area contributed by atoms with Gasteiger partial charge in [0.2, 0.25) is 0 Å². The van der Waals surface area contributed by atoms with Crippen LogP contribution in [-0.2, 0) is 9.59 Å². The molecule has 0 saturated heterocycles. The number of carbonyl (C=O) groups is 2. The molecule has 6 heteroatoms. The molecule has 0 saturated carbocycles. The summed E-state index contributed by atoms with van der Waals surface area (Å²) in [5, 5.41) is 17.0. The second-order valence-corrected chi connectivity index (χ2v) is 3.89. The predicted molar refractivity (Wildman–Crippen MR) is 59.5 cm³/mol. The van der Waals surface area contributed by atoms with E-state index in [1.807, 2.05) is 23.9 Å². The minimum atomic E-state index is -0.800. The van der Waals surface area contributed by atoms with E-state index >= 15 is 0 Å².